The minimum absolute atomic E-state index is 0.702. The van der Waals surface area contributed by atoms with Crippen LogP contribution in [0.1, 0.15) is 0 Å². The van der Waals surface area contributed by atoms with Crippen LogP contribution in [0.3, 0.4) is 0 Å². The van der Waals surface area contributed by atoms with E-state index >= 15 is 0 Å². The summed E-state index contributed by atoms with van der Waals surface area (Å²) in [5, 5.41) is 8.14. The Kier molecular flexibility index (Phi) is 3.18. The Balaban J connectivity index is 1.90. The zero-order valence-corrected chi connectivity index (χ0v) is 12.6. The second-order valence-corrected chi connectivity index (χ2v) is 6.58. The van der Waals surface area contributed by atoms with E-state index in [2.05, 4.69) is 84.9 Å². The molecule has 0 fully saturated rings. The molecule has 0 aliphatic rings. The van der Waals surface area contributed by atoms with Crippen molar-refractivity contribution in [3.05, 3.63) is 84.9 Å². The first-order chi connectivity index (χ1) is 10.4. The van der Waals surface area contributed by atoms with Crippen molar-refractivity contribution < 1.29 is 0 Å². The number of fused-ring (bicyclic) bond motifs is 2. The SMILES string of the molecule is c1ccc(Pc2cccc3cc4ccccc4cc23)cc1. The molecule has 0 amide bonds. The molecule has 0 saturated heterocycles. The Bertz CT molecular complexity index is 910. The van der Waals surface area contributed by atoms with Crippen LogP contribution in [0.15, 0.2) is 84.9 Å². The number of rotatable bonds is 2. The third kappa shape index (κ3) is 2.44. The van der Waals surface area contributed by atoms with Crippen LogP contribution in [0, 0.1) is 0 Å². The van der Waals surface area contributed by atoms with E-state index in [9.17, 15) is 0 Å². The van der Waals surface area contributed by atoms with Gasteiger partial charge in [0.15, 0.2) is 0 Å². The summed E-state index contributed by atoms with van der Waals surface area (Å²) in [6.07, 6.45) is 0. The smallest absolute Gasteiger partial charge is 0.00999 e. The summed E-state index contributed by atoms with van der Waals surface area (Å²) < 4.78 is 0. The van der Waals surface area contributed by atoms with Gasteiger partial charge in [-0.3, -0.25) is 0 Å². The predicted molar refractivity (Wildman–Crippen MR) is 95.5 cm³/mol. The van der Waals surface area contributed by atoms with E-state index in [0.717, 1.165) is 0 Å². The molecular formula is C20H15P. The van der Waals surface area contributed by atoms with E-state index in [1.807, 2.05) is 0 Å². The van der Waals surface area contributed by atoms with Crippen molar-refractivity contribution in [1.29, 1.82) is 0 Å². The lowest BCUT2D eigenvalue weighted by atomic mass is 10.0. The maximum atomic E-state index is 2.33. The highest BCUT2D eigenvalue weighted by Crippen LogP contribution is 2.25. The van der Waals surface area contributed by atoms with E-state index in [1.54, 1.807) is 0 Å². The fourth-order valence-corrected chi connectivity index (χ4v) is 3.95. The van der Waals surface area contributed by atoms with E-state index in [0.29, 0.717) is 8.58 Å². The first kappa shape index (κ1) is 12.6. The van der Waals surface area contributed by atoms with Crippen LogP contribution < -0.4 is 10.6 Å². The zero-order valence-electron chi connectivity index (χ0n) is 11.6. The molecule has 4 rings (SSSR count). The van der Waals surface area contributed by atoms with Crippen molar-refractivity contribution in [2.75, 3.05) is 0 Å². The normalized spacial score (nSPS) is 11.6. The molecule has 4 aromatic rings. The highest BCUT2D eigenvalue weighted by atomic mass is 31.1. The Labute approximate surface area is 126 Å². The average molecular weight is 286 g/mol. The van der Waals surface area contributed by atoms with Gasteiger partial charge in [0.2, 0.25) is 0 Å². The van der Waals surface area contributed by atoms with Crippen molar-refractivity contribution in [1.82, 2.24) is 0 Å². The quantitative estimate of drug-likeness (QED) is 0.372. The van der Waals surface area contributed by atoms with Crippen LogP contribution in [-0.2, 0) is 0 Å². The molecule has 0 aliphatic heterocycles. The van der Waals surface area contributed by atoms with E-state index in [4.69, 9.17) is 0 Å². The fraction of sp³-hybridized carbons (Fsp3) is 0. The third-order valence-electron chi connectivity index (χ3n) is 3.80. The molecule has 0 N–H and O–H groups in total. The molecule has 1 unspecified atom stereocenters. The van der Waals surface area contributed by atoms with Gasteiger partial charge >= 0.3 is 0 Å². The van der Waals surface area contributed by atoms with Gasteiger partial charge in [-0.15, -0.1) is 0 Å². The summed E-state index contributed by atoms with van der Waals surface area (Å²) in [7, 11) is 0.702. The topological polar surface area (TPSA) is 0 Å². The Morgan fingerprint density at radius 2 is 1.19 bits per heavy atom. The van der Waals surface area contributed by atoms with Gasteiger partial charge in [0.25, 0.3) is 0 Å². The summed E-state index contributed by atoms with van der Waals surface area (Å²) in [6.45, 7) is 0. The number of benzene rings is 4. The molecule has 0 heterocycles. The Morgan fingerprint density at radius 3 is 2.00 bits per heavy atom. The molecule has 0 bridgehead atoms. The lowest BCUT2D eigenvalue weighted by Gasteiger charge is -2.09. The maximum Gasteiger partial charge on any atom is -0.00999 e. The van der Waals surface area contributed by atoms with Crippen molar-refractivity contribution in [2.24, 2.45) is 0 Å². The summed E-state index contributed by atoms with van der Waals surface area (Å²) >= 11 is 0. The van der Waals surface area contributed by atoms with Gasteiger partial charge in [0.1, 0.15) is 0 Å². The van der Waals surface area contributed by atoms with Gasteiger partial charge in [-0.2, -0.15) is 0 Å². The minimum atomic E-state index is 0.702. The standard InChI is InChI=1S/C20H15P/c1-2-10-18(11-3-1)21-20-12-6-9-17-13-15-7-4-5-8-16(15)14-19(17)20/h1-14,21H. The van der Waals surface area contributed by atoms with E-state index in [-0.39, 0.29) is 0 Å². The molecular weight excluding hydrogens is 271 g/mol. The fourth-order valence-electron chi connectivity index (χ4n) is 2.75. The summed E-state index contributed by atoms with van der Waals surface area (Å²) in [6, 6.07) is 30.6. The largest absolute Gasteiger partial charge is 0.0622 e. The van der Waals surface area contributed by atoms with Crippen molar-refractivity contribution in [3.63, 3.8) is 0 Å². The van der Waals surface area contributed by atoms with Gasteiger partial charge in [-0.25, -0.2) is 0 Å². The van der Waals surface area contributed by atoms with Gasteiger partial charge in [0, 0.05) is 0 Å². The first-order valence-electron chi connectivity index (χ1n) is 7.14. The predicted octanol–water partition coefficient (Wildman–Crippen LogP) is 4.62. The molecule has 0 nitrogen and oxygen atoms in total. The summed E-state index contributed by atoms with van der Waals surface area (Å²) in [4.78, 5) is 0. The Hall–Kier alpha value is -2.17. The molecule has 0 aromatic heterocycles. The lowest BCUT2D eigenvalue weighted by molar-refractivity contribution is 1.77. The van der Waals surface area contributed by atoms with Crippen LogP contribution >= 0.6 is 8.58 Å². The summed E-state index contributed by atoms with van der Waals surface area (Å²) in [5.41, 5.74) is 0. The van der Waals surface area contributed by atoms with Crippen LogP contribution in [0.2, 0.25) is 0 Å². The third-order valence-corrected chi connectivity index (χ3v) is 5.13. The molecule has 100 valence electrons. The van der Waals surface area contributed by atoms with E-state index in [1.165, 1.54) is 32.2 Å². The molecule has 0 aliphatic carbocycles. The van der Waals surface area contributed by atoms with Crippen molar-refractivity contribution >= 4 is 40.7 Å². The molecule has 1 heteroatoms. The first-order valence-corrected chi connectivity index (χ1v) is 8.14. The lowest BCUT2D eigenvalue weighted by Crippen LogP contribution is -2.03. The average Bonchev–Trinajstić information content (AvgIpc) is 2.54. The molecule has 4 aromatic carbocycles. The van der Waals surface area contributed by atoms with Gasteiger partial charge in [-0.1, -0.05) is 81.4 Å². The second-order valence-electron chi connectivity index (χ2n) is 5.22. The van der Waals surface area contributed by atoms with Crippen molar-refractivity contribution in [2.45, 2.75) is 0 Å². The molecule has 0 spiro atoms. The van der Waals surface area contributed by atoms with Crippen molar-refractivity contribution in [3.8, 4) is 0 Å². The molecule has 0 saturated carbocycles. The van der Waals surface area contributed by atoms with Crippen LogP contribution in [0.5, 0.6) is 0 Å². The minimum Gasteiger partial charge on any atom is -0.0622 e. The van der Waals surface area contributed by atoms with Crippen LogP contribution in [0.25, 0.3) is 21.5 Å². The molecule has 21 heavy (non-hydrogen) atoms. The van der Waals surface area contributed by atoms with Gasteiger partial charge in [-0.05, 0) is 44.3 Å². The molecule has 0 radical (unpaired) electrons. The number of hydrogen-bond acceptors (Lipinski definition) is 0. The molecule has 1 atom stereocenters. The number of hydrogen-bond donors (Lipinski definition) is 0. The van der Waals surface area contributed by atoms with Gasteiger partial charge < -0.3 is 0 Å². The van der Waals surface area contributed by atoms with Gasteiger partial charge in [0.05, 0.1) is 0 Å². The van der Waals surface area contributed by atoms with E-state index < -0.39 is 0 Å². The van der Waals surface area contributed by atoms with Crippen LogP contribution in [0.4, 0.5) is 0 Å². The zero-order chi connectivity index (χ0) is 14.1. The second kappa shape index (κ2) is 5.31. The highest BCUT2D eigenvalue weighted by Gasteiger charge is 2.04. The summed E-state index contributed by atoms with van der Waals surface area (Å²) in [5.74, 6) is 0. The monoisotopic (exact) mass is 286 g/mol. The highest BCUT2D eigenvalue weighted by molar-refractivity contribution is 7.56. The maximum absolute atomic E-state index is 2.33. The Morgan fingerprint density at radius 1 is 0.524 bits per heavy atom. The van der Waals surface area contributed by atoms with Crippen LogP contribution in [-0.4, -0.2) is 0 Å².